The van der Waals surface area contributed by atoms with Gasteiger partial charge < -0.3 is 10.5 Å². The van der Waals surface area contributed by atoms with Crippen molar-refractivity contribution in [3.63, 3.8) is 0 Å². The highest BCUT2D eigenvalue weighted by molar-refractivity contribution is 5.77. The van der Waals surface area contributed by atoms with Crippen molar-refractivity contribution in [1.82, 2.24) is 10.2 Å². The lowest BCUT2D eigenvalue weighted by molar-refractivity contribution is 1.02. The molecule has 9 heavy (non-hydrogen) atoms. The Hall–Kier alpha value is -1.32. The Balaban J connectivity index is 3.40. The lowest BCUT2D eigenvalue weighted by atomic mass is 10.3. The lowest BCUT2D eigenvalue weighted by Crippen LogP contribution is -2.04. The van der Waals surface area contributed by atoms with E-state index in [4.69, 9.17) is 5.41 Å². The van der Waals surface area contributed by atoms with Crippen LogP contribution in [0.15, 0.2) is 4.79 Å². The molecule has 0 aliphatic carbocycles. The van der Waals surface area contributed by atoms with Gasteiger partial charge in [0.1, 0.15) is 0 Å². The SMILES string of the molecule is Cc1[nH][nH]c(=O)c1C=N. The van der Waals surface area contributed by atoms with Crippen molar-refractivity contribution in [2.75, 3.05) is 0 Å². The molecule has 48 valence electrons. The van der Waals surface area contributed by atoms with Crippen LogP contribution < -0.4 is 5.56 Å². The van der Waals surface area contributed by atoms with Gasteiger partial charge in [-0.05, 0) is 6.92 Å². The number of aromatic nitrogens is 2. The van der Waals surface area contributed by atoms with Gasteiger partial charge in [0.2, 0.25) is 0 Å². The molecule has 0 aliphatic rings. The van der Waals surface area contributed by atoms with Gasteiger partial charge in [0.05, 0.1) is 5.56 Å². The summed E-state index contributed by atoms with van der Waals surface area (Å²) in [5, 5.41) is 11.7. The predicted molar refractivity (Wildman–Crippen MR) is 34.0 cm³/mol. The Kier molecular flexibility index (Phi) is 1.22. The minimum atomic E-state index is -0.234. The van der Waals surface area contributed by atoms with Gasteiger partial charge in [-0.25, -0.2) is 0 Å². The monoisotopic (exact) mass is 125 g/mol. The summed E-state index contributed by atoms with van der Waals surface area (Å²) >= 11 is 0. The summed E-state index contributed by atoms with van der Waals surface area (Å²) in [4.78, 5) is 10.6. The molecular formula is C5H7N3O. The number of hydrogen-bond donors (Lipinski definition) is 3. The van der Waals surface area contributed by atoms with E-state index in [2.05, 4.69) is 10.2 Å². The van der Waals surface area contributed by atoms with Crippen molar-refractivity contribution in [3.8, 4) is 0 Å². The molecule has 0 radical (unpaired) electrons. The number of aromatic amines is 2. The van der Waals surface area contributed by atoms with Gasteiger partial charge in [0.25, 0.3) is 5.56 Å². The summed E-state index contributed by atoms with van der Waals surface area (Å²) in [6.07, 6.45) is 1.03. The van der Waals surface area contributed by atoms with Crippen LogP contribution in [0.1, 0.15) is 11.3 Å². The van der Waals surface area contributed by atoms with E-state index in [0.29, 0.717) is 11.3 Å². The normalized spacial score (nSPS) is 9.44. The fraction of sp³-hybridized carbons (Fsp3) is 0.200. The van der Waals surface area contributed by atoms with E-state index in [1.807, 2.05) is 0 Å². The molecule has 0 atom stereocenters. The van der Waals surface area contributed by atoms with E-state index < -0.39 is 0 Å². The molecule has 0 unspecified atom stereocenters. The van der Waals surface area contributed by atoms with E-state index in [-0.39, 0.29) is 5.56 Å². The maximum Gasteiger partial charge on any atom is 0.272 e. The molecule has 0 bridgehead atoms. The third-order valence-electron chi connectivity index (χ3n) is 1.16. The second-order valence-electron chi connectivity index (χ2n) is 1.76. The van der Waals surface area contributed by atoms with Gasteiger partial charge in [-0.15, -0.1) is 0 Å². The molecule has 4 heteroatoms. The highest BCUT2D eigenvalue weighted by Gasteiger charge is 1.99. The van der Waals surface area contributed by atoms with Crippen LogP contribution in [-0.2, 0) is 0 Å². The van der Waals surface area contributed by atoms with Crippen LogP contribution in [-0.4, -0.2) is 16.4 Å². The Bertz CT molecular complexity index is 270. The van der Waals surface area contributed by atoms with Gasteiger partial charge in [-0.3, -0.25) is 9.89 Å². The maximum absolute atomic E-state index is 10.6. The van der Waals surface area contributed by atoms with E-state index in [1.54, 1.807) is 6.92 Å². The average Bonchev–Trinajstić information content (AvgIpc) is 2.12. The lowest BCUT2D eigenvalue weighted by Gasteiger charge is -1.79. The number of hydrogen-bond acceptors (Lipinski definition) is 2. The second kappa shape index (κ2) is 1.89. The van der Waals surface area contributed by atoms with Gasteiger partial charge in [-0.2, -0.15) is 0 Å². The number of H-pyrrole nitrogens is 2. The first-order chi connectivity index (χ1) is 4.25. The highest BCUT2D eigenvalue weighted by atomic mass is 16.1. The van der Waals surface area contributed by atoms with E-state index in [0.717, 1.165) is 6.21 Å². The molecule has 0 saturated carbocycles. The van der Waals surface area contributed by atoms with Crippen LogP contribution >= 0.6 is 0 Å². The number of rotatable bonds is 1. The summed E-state index contributed by atoms with van der Waals surface area (Å²) < 4.78 is 0. The first-order valence-electron chi connectivity index (χ1n) is 2.53. The highest BCUT2D eigenvalue weighted by Crippen LogP contribution is 1.89. The fourth-order valence-corrected chi connectivity index (χ4v) is 0.629. The quantitative estimate of drug-likeness (QED) is 0.454. The summed E-state index contributed by atoms with van der Waals surface area (Å²) in [6.45, 7) is 1.73. The molecule has 0 aromatic carbocycles. The van der Waals surface area contributed by atoms with Crippen LogP contribution in [0.2, 0.25) is 0 Å². The molecule has 0 amide bonds. The van der Waals surface area contributed by atoms with E-state index in [1.165, 1.54) is 0 Å². The zero-order chi connectivity index (χ0) is 6.85. The molecule has 0 spiro atoms. The predicted octanol–water partition coefficient (Wildman–Crippen LogP) is 0.00909. The van der Waals surface area contributed by atoms with Crippen molar-refractivity contribution in [2.45, 2.75) is 6.92 Å². The molecule has 1 rings (SSSR count). The first-order valence-corrected chi connectivity index (χ1v) is 2.53. The van der Waals surface area contributed by atoms with Gasteiger partial charge in [0, 0.05) is 11.9 Å². The minimum absolute atomic E-state index is 0.234. The summed E-state index contributed by atoms with van der Waals surface area (Å²) in [5.74, 6) is 0. The molecule has 1 aromatic heterocycles. The van der Waals surface area contributed by atoms with Crippen LogP contribution in [0.4, 0.5) is 0 Å². The Labute approximate surface area is 51.4 Å². The molecular weight excluding hydrogens is 118 g/mol. The van der Waals surface area contributed by atoms with E-state index >= 15 is 0 Å². The first kappa shape index (κ1) is 5.81. The van der Waals surface area contributed by atoms with E-state index in [9.17, 15) is 4.79 Å². The largest absolute Gasteiger partial charge is 0.308 e. The van der Waals surface area contributed by atoms with Crippen LogP contribution in [0.3, 0.4) is 0 Å². The van der Waals surface area contributed by atoms with Crippen molar-refractivity contribution in [2.24, 2.45) is 0 Å². The van der Waals surface area contributed by atoms with Crippen molar-refractivity contribution < 1.29 is 0 Å². The van der Waals surface area contributed by atoms with Crippen LogP contribution in [0, 0.1) is 12.3 Å². The third kappa shape index (κ3) is 0.782. The van der Waals surface area contributed by atoms with Crippen LogP contribution in [0.5, 0.6) is 0 Å². The topological polar surface area (TPSA) is 72.5 Å². The average molecular weight is 125 g/mol. The van der Waals surface area contributed by atoms with Gasteiger partial charge in [-0.1, -0.05) is 0 Å². The fourth-order valence-electron chi connectivity index (χ4n) is 0.629. The third-order valence-corrected chi connectivity index (χ3v) is 1.16. The minimum Gasteiger partial charge on any atom is -0.308 e. The molecule has 1 aromatic rings. The Morgan fingerprint density at radius 3 is 2.44 bits per heavy atom. The Morgan fingerprint density at radius 2 is 2.22 bits per heavy atom. The zero-order valence-corrected chi connectivity index (χ0v) is 4.99. The smallest absolute Gasteiger partial charge is 0.272 e. The van der Waals surface area contributed by atoms with Crippen molar-refractivity contribution in [1.29, 1.82) is 5.41 Å². The van der Waals surface area contributed by atoms with Crippen LogP contribution in [0.25, 0.3) is 0 Å². The summed E-state index contributed by atoms with van der Waals surface area (Å²) in [5.41, 5.74) is 0.868. The number of nitrogens with one attached hydrogen (secondary N) is 3. The zero-order valence-electron chi connectivity index (χ0n) is 4.99. The number of aryl methyl sites for hydroxylation is 1. The van der Waals surface area contributed by atoms with Crippen molar-refractivity contribution in [3.05, 3.63) is 21.6 Å². The molecule has 0 fully saturated rings. The standard InChI is InChI=1S/C5H7N3O/c1-3-4(2-6)5(9)8-7-3/h2,6H,1H3,(H2,7,8,9). The molecule has 3 N–H and O–H groups in total. The Morgan fingerprint density at radius 1 is 1.56 bits per heavy atom. The summed E-state index contributed by atoms with van der Waals surface area (Å²) in [7, 11) is 0. The molecule has 1 heterocycles. The molecule has 4 nitrogen and oxygen atoms in total. The second-order valence-corrected chi connectivity index (χ2v) is 1.76. The maximum atomic E-state index is 10.6. The van der Waals surface area contributed by atoms with Gasteiger partial charge in [0.15, 0.2) is 0 Å². The summed E-state index contributed by atoms with van der Waals surface area (Å²) in [6, 6.07) is 0. The van der Waals surface area contributed by atoms with Gasteiger partial charge >= 0.3 is 0 Å². The van der Waals surface area contributed by atoms with Crippen molar-refractivity contribution >= 4 is 6.21 Å². The molecule has 0 saturated heterocycles. The molecule has 0 aliphatic heterocycles.